The summed E-state index contributed by atoms with van der Waals surface area (Å²) in [7, 11) is 0. The molecule has 2 aromatic heterocycles. The van der Waals surface area contributed by atoms with Crippen molar-refractivity contribution in [3.8, 4) is 11.1 Å². The lowest BCUT2D eigenvalue weighted by atomic mass is 10.0. The van der Waals surface area contributed by atoms with Crippen LogP contribution >= 0.6 is 11.8 Å². The zero-order valence-corrected chi connectivity index (χ0v) is 16.4. The normalized spacial score (nSPS) is 16.5. The molecular weight excluding hydrogens is 364 g/mol. The molecule has 28 heavy (non-hydrogen) atoms. The summed E-state index contributed by atoms with van der Waals surface area (Å²) >= 11 is 2.03. The molecule has 0 saturated carbocycles. The van der Waals surface area contributed by atoms with E-state index < -0.39 is 0 Å². The molecule has 0 radical (unpaired) electrons. The Bertz CT molecular complexity index is 1080. The number of hydrogen-bond donors (Lipinski definition) is 1. The van der Waals surface area contributed by atoms with E-state index in [2.05, 4.69) is 68.2 Å². The van der Waals surface area contributed by atoms with Gasteiger partial charge in [0, 0.05) is 24.2 Å². The SMILES string of the molecule is c1ccc(-c2cccc(CNc3nccn4c([C@@H]5CCCS5)cnc34)c2)cc1. The molecule has 3 heterocycles. The van der Waals surface area contributed by atoms with Crippen molar-refractivity contribution in [3.05, 3.63) is 84.4 Å². The Morgan fingerprint density at radius 1 is 1.04 bits per heavy atom. The van der Waals surface area contributed by atoms with Crippen LogP contribution in [0.4, 0.5) is 5.82 Å². The molecule has 5 heteroatoms. The number of fused-ring (bicyclic) bond motifs is 1. The maximum absolute atomic E-state index is 4.67. The number of nitrogens with zero attached hydrogens (tertiary/aromatic N) is 3. The van der Waals surface area contributed by atoms with Crippen LogP contribution in [0, 0.1) is 0 Å². The molecule has 0 unspecified atom stereocenters. The fourth-order valence-corrected chi connectivity index (χ4v) is 5.09. The Morgan fingerprint density at radius 2 is 1.93 bits per heavy atom. The Kier molecular flexibility index (Phi) is 4.75. The number of imidazole rings is 1. The minimum Gasteiger partial charge on any atom is -0.363 e. The molecule has 1 aliphatic heterocycles. The molecular formula is C23H22N4S. The van der Waals surface area contributed by atoms with Crippen LogP contribution in [-0.2, 0) is 6.54 Å². The van der Waals surface area contributed by atoms with E-state index in [1.165, 1.54) is 41.0 Å². The molecule has 2 aromatic carbocycles. The standard InChI is InChI=1S/C23H22N4S/c1-2-7-18(8-3-1)19-9-4-6-17(14-19)15-25-22-23-26-16-20(21-10-5-13-28-21)27(23)12-11-24-22/h1-4,6-9,11-12,14,16,21H,5,10,13,15H2,(H,24,25)/t21-/m0/s1. The van der Waals surface area contributed by atoms with Crippen LogP contribution < -0.4 is 5.32 Å². The van der Waals surface area contributed by atoms with Crippen molar-refractivity contribution in [1.82, 2.24) is 14.4 Å². The van der Waals surface area contributed by atoms with Gasteiger partial charge in [-0.3, -0.25) is 4.40 Å². The lowest BCUT2D eigenvalue weighted by Crippen LogP contribution is -2.05. The quantitative estimate of drug-likeness (QED) is 0.486. The van der Waals surface area contributed by atoms with Crippen LogP contribution in [0.2, 0.25) is 0 Å². The fourth-order valence-electron chi connectivity index (χ4n) is 3.79. The summed E-state index contributed by atoms with van der Waals surface area (Å²) in [5.41, 5.74) is 5.88. The number of rotatable bonds is 5. The topological polar surface area (TPSA) is 42.2 Å². The van der Waals surface area contributed by atoms with Crippen LogP contribution in [0.15, 0.2) is 73.2 Å². The summed E-state index contributed by atoms with van der Waals surface area (Å²) in [6.07, 6.45) is 8.42. The summed E-state index contributed by atoms with van der Waals surface area (Å²) in [6.45, 7) is 0.716. The van der Waals surface area contributed by atoms with Crippen molar-refractivity contribution in [1.29, 1.82) is 0 Å². The van der Waals surface area contributed by atoms with Gasteiger partial charge >= 0.3 is 0 Å². The first-order valence-corrected chi connectivity index (χ1v) is 10.8. The third kappa shape index (κ3) is 3.38. The van der Waals surface area contributed by atoms with Crippen molar-refractivity contribution in [2.45, 2.75) is 24.6 Å². The second-order valence-corrected chi connectivity index (χ2v) is 8.38. The monoisotopic (exact) mass is 386 g/mol. The van der Waals surface area contributed by atoms with Crippen molar-refractivity contribution in [2.75, 3.05) is 11.1 Å². The van der Waals surface area contributed by atoms with Crippen molar-refractivity contribution in [2.24, 2.45) is 0 Å². The zero-order chi connectivity index (χ0) is 18.8. The van der Waals surface area contributed by atoms with Crippen LogP contribution in [0.5, 0.6) is 0 Å². The van der Waals surface area contributed by atoms with E-state index in [1.807, 2.05) is 36.4 Å². The molecule has 5 rings (SSSR count). The second kappa shape index (κ2) is 7.68. The highest BCUT2D eigenvalue weighted by Gasteiger charge is 2.21. The lowest BCUT2D eigenvalue weighted by Gasteiger charge is -2.11. The number of thioether (sulfide) groups is 1. The van der Waals surface area contributed by atoms with Crippen molar-refractivity contribution >= 4 is 23.2 Å². The fraction of sp³-hybridized carbons (Fsp3) is 0.217. The average Bonchev–Trinajstić information content (AvgIpc) is 3.43. The molecule has 4 aromatic rings. The predicted molar refractivity (Wildman–Crippen MR) is 117 cm³/mol. The summed E-state index contributed by atoms with van der Waals surface area (Å²) in [5.74, 6) is 2.08. The van der Waals surface area contributed by atoms with Crippen LogP contribution in [0.1, 0.15) is 29.3 Å². The second-order valence-electron chi connectivity index (χ2n) is 7.07. The van der Waals surface area contributed by atoms with Gasteiger partial charge in [-0.1, -0.05) is 48.5 Å². The summed E-state index contributed by atoms with van der Waals surface area (Å²) in [4.78, 5) is 9.21. The molecule has 4 nitrogen and oxygen atoms in total. The van der Waals surface area contributed by atoms with Gasteiger partial charge in [0.1, 0.15) is 0 Å². The third-order valence-corrected chi connectivity index (χ3v) is 6.61. The number of anilines is 1. The smallest absolute Gasteiger partial charge is 0.180 e. The van der Waals surface area contributed by atoms with E-state index in [0.29, 0.717) is 11.8 Å². The van der Waals surface area contributed by atoms with Crippen LogP contribution in [0.25, 0.3) is 16.8 Å². The summed E-state index contributed by atoms with van der Waals surface area (Å²) in [5, 5.41) is 4.03. The summed E-state index contributed by atoms with van der Waals surface area (Å²) in [6, 6.07) is 19.1. The number of nitrogens with one attached hydrogen (secondary N) is 1. The molecule has 0 bridgehead atoms. The predicted octanol–water partition coefficient (Wildman–Crippen LogP) is 5.58. The van der Waals surface area contributed by atoms with Crippen LogP contribution in [-0.4, -0.2) is 20.1 Å². The molecule has 1 saturated heterocycles. The van der Waals surface area contributed by atoms with Crippen LogP contribution in [0.3, 0.4) is 0 Å². The Balaban J connectivity index is 1.38. The highest BCUT2D eigenvalue weighted by atomic mass is 32.2. The number of benzene rings is 2. The van der Waals surface area contributed by atoms with Gasteiger partial charge in [0.15, 0.2) is 11.5 Å². The van der Waals surface area contributed by atoms with Gasteiger partial charge in [0.05, 0.1) is 11.9 Å². The van der Waals surface area contributed by atoms with E-state index in [1.54, 1.807) is 0 Å². The highest BCUT2D eigenvalue weighted by molar-refractivity contribution is 7.99. The Hall–Kier alpha value is -2.79. The van der Waals surface area contributed by atoms with E-state index >= 15 is 0 Å². The molecule has 0 amide bonds. The highest BCUT2D eigenvalue weighted by Crippen LogP contribution is 2.40. The van der Waals surface area contributed by atoms with Gasteiger partial charge in [-0.25, -0.2) is 9.97 Å². The van der Waals surface area contributed by atoms with Gasteiger partial charge < -0.3 is 5.32 Å². The van der Waals surface area contributed by atoms with E-state index in [9.17, 15) is 0 Å². The van der Waals surface area contributed by atoms with Gasteiger partial charge in [-0.05, 0) is 41.4 Å². The molecule has 140 valence electrons. The third-order valence-electron chi connectivity index (χ3n) is 5.21. The maximum Gasteiger partial charge on any atom is 0.180 e. The first kappa shape index (κ1) is 17.3. The largest absolute Gasteiger partial charge is 0.363 e. The van der Waals surface area contributed by atoms with E-state index in [4.69, 9.17) is 0 Å². The van der Waals surface area contributed by atoms with Gasteiger partial charge in [-0.15, -0.1) is 0 Å². The van der Waals surface area contributed by atoms with E-state index in [-0.39, 0.29) is 0 Å². The Morgan fingerprint density at radius 3 is 2.79 bits per heavy atom. The zero-order valence-electron chi connectivity index (χ0n) is 15.6. The molecule has 1 atom stereocenters. The van der Waals surface area contributed by atoms with E-state index in [0.717, 1.165) is 11.5 Å². The average molecular weight is 387 g/mol. The van der Waals surface area contributed by atoms with Gasteiger partial charge in [-0.2, -0.15) is 11.8 Å². The minimum atomic E-state index is 0.549. The number of hydrogen-bond acceptors (Lipinski definition) is 4. The molecule has 1 aliphatic rings. The summed E-state index contributed by atoms with van der Waals surface area (Å²) < 4.78 is 2.19. The molecule has 1 N–H and O–H groups in total. The molecule has 0 aliphatic carbocycles. The first-order valence-electron chi connectivity index (χ1n) is 9.70. The first-order chi connectivity index (χ1) is 13.9. The lowest BCUT2D eigenvalue weighted by molar-refractivity contribution is 0.798. The Labute approximate surface area is 169 Å². The van der Waals surface area contributed by atoms with Crippen molar-refractivity contribution < 1.29 is 0 Å². The number of aromatic nitrogens is 3. The van der Waals surface area contributed by atoms with Gasteiger partial charge in [0.25, 0.3) is 0 Å². The van der Waals surface area contributed by atoms with Crippen molar-refractivity contribution in [3.63, 3.8) is 0 Å². The maximum atomic E-state index is 4.67. The molecule has 0 spiro atoms. The van der Waals surface area contributed by atoms with Gasteiger partial charge in [0.2, 0.25) is 0 Å². The molecule has 1 fully saturated rings. The minimum absolute atomic E-state index is 0.549.